The molecule has 5 heteroatoms. The van der Waals surface area contributed by atoms with Crippen molar-refractivity contribution in [2.75, 3.05) is 31.7 Å². The number of aliphatic hydroxyl groups excluding tert-OH is 1. The van der Waals surface area contributed by atoms with Gasteiger partial charge in [-0.25, -0.2) is 0 Å². The number of likely N-dealkylation sites (tertiary alicyclic amines) is 1. The summed E-state index contributed by atoms with van der Waals surface area (Å²) in [6.07, 6.45) is 5.60. The van der Waals surface area contributed by atoms with Crippen molar-refractivity contribution in [3.05, 3.63) is 59.7 Å². The molecule has 1 aliphatic heterocycles. The Kier molecular flexibility index (Phi) is 8.87. The Balaban J connectivity index is 1.57. The maximum Gasteiger partial charge on any atom is 0.127 e. The van der Waals surface area contributed by atoms with Crippen LogP contribution in [0.2, 0.25) is 0 Å². The molecule has 0 bridgehead atoms. The molecule has 1 aliphatic rings. The van der Waals surface area contributed by atoms with Crippen LogP contribution in [0.25, 0.3) is 0 Å². The number of aryl methyl sites for hydroxylation is 1. The maximum atomic E-state index is 9.62. The van der Waals surface area contributed by atoms with Crippen molar-refractivity contribution in [2.45, 2.75) is 44.8 Å². The quantitative estimate of drug-likeness (QED) is 0.569. The Hall–Kier alpha value is -1.53. The summed E-state index contributed by atoms with van der Waals surface area (Å²) in [6.45, 7) is 5.28. The SMILES string of the molecule is CSCCC(CN1CCCC1CO)NCc1cccc(Oc2ccc(C)cc2)c1. The molecule has 0 spiro atoms. The van der Waals surface area contributed by atoms with Gasteiger partial charge in [-0.2, -0.15) is 11.8 Å². The number of hydrogen-bond acceptors (Lipinski definition) is 5. The molecule has 3 rings (SSSR count). The Morgan fingerprint density at radius 2 is 2.03 bits per heavy atom. The van der Waals surface area contributed by atoms with Crippen molar-refractivity contribution in [1.29, 1.82) is 0 Å². The van der Waals surface area contributed by atoms with Crippen LogP contribution in [0.3, 0.4) is 0 Å². The first-order chi connectivity index (χ1) is 14.2. The van der Waals surface area contributed by atoms with Crippen LogP contribution in [-0.4, -0.2) is 53.8 Å². The summed E-state index contributed by atoms with van der Waals surface area (Å²) < 4.78 is 6.01. The summed E-state index contributed by atoms with van der Waals surface area (Å²) in [4.78, 5) is 2.45. The predicted molar refractivity (Wildman–Crippen MR) is 123 cm³/mol. The molecule has 29 heavy (non-hydrogen) atoms. The molecule has 0 amide bonds. The molecule has 0 aromatic heterocycles. The lowest BCUT2D eigenvalue weighted by atomic mass is 10.1. The molecule has 1 saturated heterocycles. The Morgan fingerprint density at radius 1 is 1.21 bits per heavy atom. The average molecular weight is 415 g/mol. The third kappa shape index (κ3) is 7.03. The number of rotatable bonds is 11. The van der Waals surface area contributed by atoms with Crippen molar-refractivity contribution in [3.8, 4) is 11.5 Å². The second-order valence-corrected chi connectivity index (χ2v) is 8.88. The van der Waals surface area contributed by atoms with Gasteiger partial charge >= 0.3 is 0 Å². The van der Waals surface area contributed by atoms with Gasteiger partial charge in [0.2, 0.25) is 0 Å². The van der Waals surface area contributed by atoms with Gasteiger partial charge in [-0.15, -0.1) is 0 Å². The number of nitrogens with one attached hydrogen (secondary N) is 1. The Labute approximate surface area is 179 Å². The first kappa shape index (κ1) is 22.2. The summed E-state index contributed by atoms with van der Waals surface area (Å²) in [5.41, 5.74) is 2.46. The number of ether oxygens (including phenoxy) is 1. The van der Waals surface area contributed by atoms with Crippen molar-refractivity contribution in [2.24, 2.45) is 0 Å². The van der Waals surface area contributed by atoms with Crippen molar-refractivity contribution >= 4 is 11.8 Å². The minimum absolute atomic E-state index is 0.271. The predicted octanol–water partition coefficient (Wildman–Crippen LogP) is 4.46. The van der Waals surface area contributed by atoms with Gasteiger partial charge < -0.3 is 15.2 Å². The summed E-state index contributed by atoms with van der Waals surface area (Å²) in [6, 6.07) is 17.2. The molecule has 1 heterocycles. The van der Waals surface area contributed by atoms with E-state index in [4.69, 9.17) is 4.74 Å². The van der Waals surface area contributed by atoms with E-state index in [9.17, 15) is 5.11 Å². The summed E-state index contributed by atoms with van der Waals surface area (Å²) >= 11 is 1.89. The lowest BCUT2D eigenvalue weighted by Crippen LogP contribution is -2.44. The molecule has 0 aliphatic carbocycles. The van der Waals surface area contributed by atoms with E-state index in [0.29, 0.717) is 12.1 Å². The fourth-order valence-corrected chi connectivity index (χ4v) is 4.39. The van der Waals surface area contributed by atoms with Crippen LogP contribution >= 0.6 is 11.8 Å². The van der Waals surface area contributed by atoms with Gasteiger partial charge in [0.1, 0.15) is 11.5 Å². The number of thioether (sulfide) groups is 1. The summed E-state index contributed by atoms with van der Waals surface area (Å²) in [5, 5.41) is 13.4. The van der Waals surface area contributed by atoms with E-state index in [1.54, 1.807) is 0 Å². The molecule has 2 N–H and O–H groups in total. The van der Waals surface area contributed by atoms with E-state index < -0.39 is 0 Å². The smallest absolute Gasteiger partial charge is 0.127 e. The highest BCUT2D eigenvalue weighted by molar-refractivity contribution is 7.98. The average Bonchev–Trinajstić information content (AvgIpc) is 3.19. The highest BCUT2D eigenvalue weighted by Crippen LogP contribution is 2.23. The van der Waals surface area contributed by atoms with E-state index in [2.05, 4.69) is 53.7 Å². The lowest BCUT2D eigenvalue weighted by Gasteiger charge is -2.28. The first-order valence-corrected chi connectivity index (χ1v) is 12.0. The van der Waals surface area contributed by atoms with Gasteiger partial charge in [0, 0.05) is 25.2 Å². The third-order valence-corrected chi connectivity index (χ3v) is 6.23. The fraction of sp³-hybridized carbons (Fsp3) is 0.500. The van der Waals surface area contributed by atoms with Gasteiger partial charge in [-0.3, -0.25) is 4.90 Å². The highest BCUT2D eigenvalue weighted by Gasteiger charge is 2.25. The van der Waals surface area contributed by atoms with E-state index in [-0.39, 0.29) is 6.61 Å². The van der Waals surface area contributed by atoms with Crippen molar-refractivity contribution in [3.63, 3.8) is 0 Å². The highest BCUT2D eigenvalue weighted by atomic mass is 32.2. The van der Waals surface area contributed by atoms with E-state index in [1.165, 1.54) is 17.5 Å². The number of benzene rings is 2. The molecule has 2 atom stereocenters. The topological polar surface area (TPSA) is 44.7 Å². The zero-order valence-electron chi connectivity index (χ0n) is 17.6. The van der Waals surface area contributed by atoms with E-state index in [1.807, 2.05) is 30.0 Å². The molecule has 2 aromatic rings. The van der Waals surface area contributed by atoms with Crippen LogP contribution in [0, 0.1) is 6.92 Å². The van der Waals surface area contributed by atoms with E-state index in [0.717, 1.165) is 49.7 Å². The normalized spacial score (nSPS) is 18.1. The Bertz CT molecular complexity index is 738. The van der Waals surface area contributed by atoms with Crippen LogP contribution in [0.5, 0.6) is 11.5 Å². The van der Waals surface area contributed by atoms with Gasteiger partial charge in [0.05, 0.1) is 6.61 Å². The van der Waals surface area contributed by atoms with Gasteiger partial charge in [0.15, 0.2) is 0 Å². The van der Waals surface area contributed by atoms with Crippen LogP contribution in [0.4, 0.5) is 0 Å². The lowest BCUT2D eigenvalue weighted by molar-refractivity contribution is 0.147. The minimum atomic E-state index is 0.271. The van der Waals surface area contributed by atoms with Crippen LogP contribution < -0.4 is 10.1 Å². The summed E-state index contributed by atoms with van der Waals surface area (Å²) in [7, 11) is 0. The summed E-state index contributed by atoms with van der Waals surface area (Å²) in [5.74, 6) is 2.88. The largest absolute Gasteiger partial charge is 0.457 e. The molecule has 158 valence electrons. The third-order valence-electron chi connectivity index (χ3n) is 5.59. The standard InChI is InChI=1S/C24H34N2O2S/c1-19-8-10-23(11-9-19)28-24-7-3-5-20(15-24)16-25-21(12-14-29-2)17-26-13-4-6-22(26)18-27/h3,5,7-11,15,21-22,25,27H,4,6,12-14,16-18H2,1-2H3. The zero-order chi connectivity index (χ0) is 20.5. The van der Waals surface area contributed by atoms with Gasteiger partial charge in [-0.1, -0.05) is 29.8 Å². The maximum absolute atomic E-state index is 9.62. The second kappa shape index (κ2) is 11.6. The van der Waals surface area contributed by atoms with Gasteiger partial charge in [0.25, 0.3) is 0 Å². The van der Waals surface area contributed by atoms with E-state index >= 15 is 0 Å². The molecule has 2 unspecified atom stereocenters. The van der Waals surface area contributed by atoms with Crippen LogP contribution in [0.15, 0.2) is 48.5 Å². The Morgan fingerprint density at radius 3 is 2.79 bits per heavy atom. The van der Waals surface area contributed by atoms with Gasteiger partial charge in [-0.05, 0) is 74.6 Å². The number of hydrogen-bond donors (Lipinski definition) is 2. The fourth-order valence-electron chi connectivity index (χ4n) is 3.87. The number of nitrogens with zero attached hydrogens (tertiary/aromatic N) is 1. The van der Waals surface area contributed by atoms with Crippen molar-refractivity contribution < 1.29 is 9.84 Å². The molecular weight excluding hydrogens is 380 g/mol. The monoisotopic (exact) mass is 414 g/mol. The van der Waals surface area contributed by atoms with Crippen molar-refractivity contribution in [1.82, 2.24) is 10.2 Å². The zero-order valence-corrected chi connectivity index (χ0v) is 18.5. The number of aliphatic hydroxyl groups is 1. The first-order valence-electron chi connectivity index (χ1n) is 10.6. The molecule has 2 aromatic carbocycles. The molecule has 0 saturated carbocycles. The minimum Gasteiger partial charge on any atom is -0.457 e. The molecule has 1 fully saturated rings. The van der Waals surface area contributed by atoms with Crippen LogP contribution in [0.1, 0.15) is 30.4 Å². The molecule has 0 radical (unpaired) electrons. The van der Waals surface area contributed by atoms with Crippen LogP contribution in [-0.2, 0) is 6.54 Å². The molecular formula is C24H34N2O2S. The molecule has 4 nitrogen and oxygen atoms in total. The second-order valence-electron chi connectivity index (χ2n) is 7.90.